The third-order valence-corrected chi connectivity index (χ3v) is 6.11. The molecule has 23 heavy (non-hydrogen) atoms. The quantitative estimate of drug-likeness (QED) is 0.560. The molecule has 0 aliphatic heterocycles. The minimum atomic E-state index is 0.776. The smallest absolute Gasteiger partial charge is 0.0128 e. The van der Waals surface area contributed by atoms with E-state index in [1.807, 2.05) is 0 Å². The van der Waals surface area contributed by atoms with E-state index in [0.29, 0.717) is 0 Å². The van der Waals surface area contributed by atoms with E-state index in [9.17, 15) is 0 Å². The molecule has 2 aliphatic rings. The molecular formula is C23H28. The van der Waals surface area contributed by atoms with Crippen molar-refractivity contribution in [3.63, 3.8) is 0 Å². The first-order valence-electron chi connectivity index (χ1n) is 9.56. The molecule has 2 atom stereocenters. The van der Waals surface area contributed by atoms with Gasteiger partial charge in [0, 0.05) is 0 Å². The van der Waals surface area contributed by atoms with E-state index in [1.54, 1.807) is 22.3 Å². The van der Waals surface area contributed by atoms with Crippen molar-refractivity contribution in [2.75, 3.05) is 0 Å². The molecule has 2 aliphatic carbocycles. The summed E-state index contributed by atoms with van der Waals surface area (Å²) < 4.78 is 0. The van der Waals surface area contributed by atoms with Gasteiger partial charge in [-0.25, -0.2) is 0 Å². The zero-order chi connectivity index (χ0) is 15.5. The van der Waals surface area contributed by atoms with E-state index in [4.69, 9.17) is 0 Å². The Hall–Kier alpha value is -1.56. The van der Waals surface area contributed by atoms with Crippen LogP contribution in [0.4, 0.5) is 0 Å². The van der Waals surface area contributed by atoms with Crippen molar-refractivity contribution in [2.45, 2.75) is 63.7 Å². The van der Waals surface area contributed by atoms with E-state index in [-0.39, 0.29) is 0 Å². The first-order valence-corrected chi connectivity index (χ1v) is 9.56. The first-order chi connectivity index (χ1) is 11.4. The van der Waals surface area contributed by atoms with Crippen LogP contribution >= 0.6 is 0 Å². The van der Waals surface area contributed by atoms with Crippen LogP contribution in [0.25, 0.3) is 0 Å². The maximum absolute atomic E-state index is 2.43. The van der Waals surface area contributed by atoms with Gasteiger partial charge in [-0.15, -0.1) is 0 Å². The van der Waals surface area contributed by atoms with Crippen molar-refractivity contribution in [1.82, 2.24) is 0 Å². The number of hydrogen-bond acceptors (Lipinski definition) is 0. The molecule has 0 saturated heterocycles. The first kappa shape index (κ1) is 15.0. The molecule has 0 amide bonds. The van der Waals surface area contributed by atoms with Crippen molar-refractivity contribution in [2.24, 2.45) is 5.92 Å². The molecule has 0 heteroatoms. The molecule has 2 aromatic carbocycles. The minimum Gasteiger partial charge on any atom is -0.0620 e. The standard InChI is InChI=1S/C23H28/c1-2-10-19-11-6-7-16-22(19)23(15-3-1)21-14-8-13-18-9-4-5-12-20(18)17-21/h4-7,9,11-12,16,21,23H,1-3,8,10,13-15,17H2. The molecule has 0 fully saturated rings. The van der Waals surface area contributed by atoms with E-state index >= 15 is 0 Å². The Kier molecular flexibility index (Phi) is 4.50. The Balaban J connectivity index is 1.67. The average molecular weight is 304 g/mol. The molecule has 0 bridgehead atoms. The maximum atomic E-state index is 2.43. The van der Waals surface area contributed by atoms with Gasteiger partial charge in [-0.3, -0.25) is 0 Å². The van der Waals surface area contributed by atoms with Crippen LogP contribution in [-0.4, -0.2) is 0 Å². The highest BCUT2D eigenvalue weighted by Crippen LogP contribution is 2.40. The van der Waals surface area contributed by atoms with Gasteiger partial charge in [-0.2, -0.15) is 0 Å². The fourth-order valence-corrected chi connectivity index (χ4v) is 4.91. The van der Waals surface area contributed by atoms with Crippen LogP contribution in [0.3, 0.4) is 0 Å². The number of benzene rings is 2. The number of rotatable bonds is 1. The van der Waals surface area contributed by atoms with Gasteiger partial charge in [-0.1, -0.05) is 61.4 Å². The molecule has 0 radical (unpaired) electrons. The molecule has 0 spiro atoms. The van der Waals surface area contributed by atoms with E-state index in [0.717, 1.165) is 11.8 Å². The molecule has 0 saturated carbocycles. The molecular weight excluding hydrogens is 276 g/mol. The third kappa shape index (κ3) is 3.22. The fraction of sp³-hybridized carbons (Fsp3) is 0.478. The second-order valence-electron chi connectivity index (χ2n) is 7.53. The summed E-state index contributed by atoms with van der Waals surface area (Å²) in [5, 5.41) is 0. The maximum Gasteiger partial charge on any atom is -0.0128 e. The zero-order valence-electron chi connectivity index (χ0n) is 14.1. The Morgan fingerprint density at radius 2 is 1.35 bits per heavy atom. The van der Waals surface area contributed by atoms with Gasteiger partial charge in [0.15, 0.2) is 0 Å². The molecule has 2 aromatic rings. The molecule has 0 heterocycles. The molecule has 2 unspecified atom stereocenters. The summed E-state index contributed by atoms with van der Waals surface area (Å²) in [7, 11) is 0. The lowest BCUT2D eigenvalue weighted by molar-refractivity contribution is 0.356. The van der Waals surface area contributed by atoms with Crippen LogP contribution in [0.5, 0.6) is 0 Å². The highest BCUT2D eigenvalue weighted by Gasteiger charge is 2.27. The highest BCUT2D eigenvalue weighted by atomic mass is 14.3. The zero-order valence-corrected chi connectivity index (χ0v) is 14.1. The van der Waals surface area contributed by atoms with Crippen LogP contribution in [0, 0.1) is 5.92 Å². The molecule has 0 aromatic heterocycles. The summed E-state index contributed by atoms with van der Waals surface area (Å²) in [5.74, 6) is 1.61. The van der Waals surface area contributed by atoms with Crippen molar-refractivity contribution in [1.29, 1.82) is 0 Å². The fourth-order valence-electron chi connectivity index (χ4n) is 4.91. The van der Waals surface area contributed by atoms with Gasteiger partial charge in [0.05, 0.1) is 0 Å². The summed E-state index contributed by atoms with van der Waals surface area (Å²) >= 11 is 0. The van der Waals surface area contributed by atoms with E-state index in [2.05, 4.69) is 48.5 Å². The monoisotopic (exact) mass is 304 g/mol. The van der Waals surface area contributed by atoms with Gasteiger partial charge >= 0.3 is 0 Å². The second kappa shape index (κ2) is 6.91. The van der Waals surface area contributed by atoms with Crippen molar-refractivity contribution in [3.05, 3.63) is 70.8 Å². The normalized spacial score (nSPS) is 24.7. The lowest BCUT2D eigenvalue weighted by Crippen LogP contribution is -2.18. The molecule has 120 valence electrons. The SMILES string of the molecule is c1ccc2c(c1)CCCC(C1CCCCCc3ccccc31)C2. The topological polar surface area (TPSA) is 0 Å². The Morgan fingerprint density at radius 3 is 2.26 bits per heavy atom. The summed E-state index contributed by atoms with van der Waals surface area (Å²) in [4.78, 5) is 0. The second-order valence-corrected chi connectivity index (χ2v) is 7.53. The third-order valence-electron chi connectivity index (χ3n) is 6.11. The van der Waals surface area contributed by atoms with Crippen LogP contribution in [0.2, 0.25) is 0 Å². The number of aryl methyl sites for hydroxylation is 2. The van der Waals surface area contributed by atoms with E-state index in [1.165, 1.54) is 57.8 Å². The van der Waals surface area contributed by atoms with Crippen molar-refractivity contribution in [3.8, 4) is 0 Å². The molecule has 0 N–H and O–H groups in total. The van der Waals surface area contributed by atoms with Gasteiger partial charge in [0.25, 0.3) is 0 Å². The Morgan fingerprint density at radius 1 is 0.609 bits per heavy atom. The predicted molar refractivity (Wildman–Crippen MR) is 97.9 cm³/mol. The predicted octanol–water partition coefficient (Wildman–Crippen LogP) is 6.08. The largest absolute Gasteiger partial charge is 0.0620 e. The van der Waals surface area contributed by atoms with Crippen molar-refractivity contribution >= 4 is 0 Å². The Labute approximate surface area is 140 Å². The summed E-state index contributed by atoms with van der Waals surface area (Å²) in [6, 6.07) is 18.5. The van der Waals surface area contributed by atoms with E-state index < -0.39 is 0 Å². The highest BCUT2D eigenvalue weighted by molar-refractivity contribution is 5.34. The molecule has 4 rings (SSSR count). The lowest BCUT2D eigenvalue weighted by Gasteiger charge is -2.30. The number of hydrogen-bond donors (Lipinski definition) is 0. The van der Waals surface area contributed by atoms with Crippen LogP contribution < -0.4 is 0 Å². The lowest BCUT2D eigenvalue weighted by atomic mass is 9.74. The van der Waals surface area contributed by atoms with Crippen LogP contribution in [-0.2, 0) is 19.3 Å². The van der Waals surface area contributed by atoms with Crippen LogP contribution in [0.1, 0.15) is 66.7 Å². The van der Waals surface area contributed by atoms with Gasteiger partial charge in [0.2, 0.25) is 0 Å². The van der Waals surface area contributed by atoms with Gasteiger partial charge in [0.1, 0.15) is 0 Å². The average Bonchev–Trinajstić information content (AvgIpc) is 2.78. The summed E-state index contributed by atoms with van der Waals surface area (Å²) in [6.45, 7) is 0. The summed E-state index contributed by atoms with van der Waals surface area (Å²) in [5.41, 5.74) is 6.54. The Bertz CT molecular complexity index is 655. The van der Waals surface area contributed by atoms with Gasteiger partial charge < -0.3 is 0 Å². The minimum absolute atomic E-state index is 0.776. The number of fused-ring (bicyclic) bond motifs is 2. The van der Waals surface area contributed by atoms with Crippen LogP contribution in [0.15, 0.2) is 48.5 Å². The summed E-state index contributed by atoms with van der Waals surface area (Å²) in [6.07, 6.45) is 12.2. The van der Waals surface area contributed by atoms with Gasteiger partial charge in [-0.05, 0) is 79.0 Å². The van der Waals surface area contributed by atoms with Crippen molar-refractivity contribution < 1.29 is 0 Å². The molecule has 0 nitrogen and oxygen atoms in total.